The van der Waals surface area contributed by atoms with Gasteiger partial charge in [0, 0.05) is 18.0 Å². The van der Waals surface area contributed by atoms with Gasteiger partial charge >= 0.3 is 5.97 Å². The Hall–Kier alpha value is -1.29. The van der Waals surface area contributed by atoms with Crippen LogP contribution >= 0.6 is 15.9 Å². The third kappa shape index (κ3) is 1.32. The van der Waals surface area contributed by atoms with Crippen molar-refractivity contribution in [2.24, 2.45) is 7.05 Å². The van der Waals surface area contributed by atoms with Crippen LogP contribution < -0.4 is 0 Å². The molecule has 0 aliphatic heterocycles. The summed E-state index contributed by atoms with van der Waals surface area (Å²) >= 11 is 3.39. The van der Waals surface area contributed by atoms with Crippen molar-refractivity contribution in [3.63, 3.8) is 0 Å². The van der Waals surface area contributed by atoms with E-state index in [0.29, 0.717) is 5.56 Å². The summed E-state index contributed by atoms with van der Waals surface area (Å²) in [6.45, 7) is 0. The largest absolute Gasteiger partial charge is 0.478 e. The van der Waals surface area contributed by atoms with Crippen molar-refractivity contribution in [1.29, 1.82) is 0 Å². The molecule has 1 heterocycles. The zero-order valence-corrected chi connectivity index (χ0v) is 9.08. The molecule has 0 atom stereocenters. The number of rotatable bonds is 1. The number of hydrogen-bond acceptors (Lipinski definition) is 1. The standard InChI is InChI=1S/C10H8BrNO2/c1-12-8-3-2-6(10(13)14)4-7(8)5-9(12)11/h2-5H,1H3,(H,13,14). The number of nitrogens with zero attached hydrogens (tertiary/aromatic N) is 1. The van der Waals surface area contributed by atoms with Crippen molar-refractivity contribution >= 4 is 32.8 Å². The van der Waals surface area contributed by atoms with E-state index in [9.17, 15) is 4.79 Å². The van der Waals surface area contributed by atoms with Crippen molar-refractivity contribution in [2.45, 2.75) is 0 Å². The molecule has 1 aromatic heterocycles. The zero-order valence-electron chi connectivity index (χ0n) is 7.49. The van der Waals surface area contributed by atoms with Crippen molar-refractivity contribution in [3.8, 4) is 0 Å². The summed E-state index contributed by atoms with van der Waals surface area (Å²) in [7, 11) is 1.92. The molecule has 14 heavy (non-hydrogen) atoms. The minimum absolute atomic E-state index is 0.315. The van der Waals surface area contributed by atoms with E-state index < -0.39 is 5.97 Å². The molecular formula is C10H8BrNO2. The van der Waals surface area contributed by atoms with Gasteiger partial charge in [-0.15, -0.1) is 0 Å². The molecule has 0 aliphatic carbocycles. The highest BCUT2D eigenvalue weighted by molar-refractivity contribution is 9.10. The first-order valence-electron chi connectivity index (χ1n) is 4.08. The van der Waals surface area contributed by atoms with Gasteiger partial charge in [-0.1, -0.05) is 0 Å². The van der Waals surface area contributed by atoms with Gasteiger partial charge in [0.05, 0.1) is 10.2 Å². The summed E-state index contributed by atoms with van der Waals surface area (Å²) in [5.41, 5.74) is 1.33. The van der Waals surface area contributed by atoms with Crippen LogP contribution in [0, 0.1) is 0 Å². The van der Waals surface area contributed by atoms with Crippen LogP contribution in [-0.4, -0.2) is 15.6 Å². The number of fused-ring (bicyclic) bond motifs is 1. The van der Waals surface area contributed by atoms with Crippen LogP contribution in [0.2, 0.25) is 0 Å². The molecule has 2 aromatic rings. The number of aryl methyl sites for hydroxylation is 1. The summed E-state index contributed by atoms with van der Waals surface area (Å²) in [5, 5.41) is 9.73. The Kier molecular flexibility index (Phi) is 2.07. The summed E-state index contributed by atoms with van der Waals surface area (Å²) in [6.07, 6.45) is 0. The maximum atomic E-state index is 10.7. The predicted molar refractivity (Wildman–Crippen MR) is 57.6 cm³/mol. The van der Waals surface area contributed by atoms with Gasteiger partial charge in [-0.2, -0.15) is 0 Å². The summed E-state index contributed by atoms with van der Waals surface area (Å²) in [5.74, 6) is -0.896. The summed E-state index contributed by atoms with van der Waals surface area (Å²) < 4.78 is 2.90. The molecule has 3 nitrogen and oxygen atoms in total. The summed E-state index contributed by atoms with van der Waals surface area (Å²) in [6, 6.07) is 6.99. The fourth-order valence-corrected chi connectivity index (χ4v) is 1.89. The van der Waals surface area contributed by atoms with Crippen LogP contribution in [0.3, 0.4) is 0 Å². The number of carboxylic acids is 1. The second kappa shape index (κ2) is 3.13. The van der Waals surface area contributed by atoms with Crippen molar-refractivity contribution in [2.75, 3.05) is 0 Å². The van der Waals surface area contributed by atoms with E-state index in [-0.39, 0.29) is 0 Å². The molecule has 0 radical (unpaired) electrons. The maximum Gasteiger partial charge on any atom is 0.335 e. The van der Waals surface area contributed by atoms with Crippen molar-refractivity contribution in [3.05, 3.63) is 34.4 Å². The van der Waals surface area contributed by atoms with Crippen LogP contribution in [0.1, 0.15) is 10.4 Å². The molecule has 0 saturated carbocycles. The smallest absolute Gasteiger partial charge is 0.335 e. The molecule has 0 saturated heterocycles. The lowest BCUT2D eigenvalue weighted by Crippen LogP contribution is -1.95. The van der Waals surface area contributed by atoms with E-state index in [2.05, 4.69) is 15.9 Å². The Morgan fingerprint density at radius 1 is 1.43 bits per heavy atom. The molecule has 0 amide bonds. The normalized spacial score (nSPS) is 10.7. The van der Waals surface area contributed by atoms with Gasteiger partial charge in [-0.05, 0) is 40.2 Å². The molecule has 0 spiro atoms. The van der Waals surface area contributed by atoms with E-state index in [1.165, 1.54) is 0 Å². The van der Waals surface area contributed by atoms with Gasteiger partial charge in [0.15, 0.2) is 0 Å². The lowest BCUT2D eigenvalue weighted by Gasteiger charge is -1.98. The molecule has 4 heteroatoms. The lowest BCUT2D eigenvalue weighted by molar-refractivity contribution is 0.0697. The first kappa shape index (κ1) is 9.27. The summed E-state index contributed by atoms with van der Waals surface area (Å²) in [4.78, 5) is 10.7. The maximum absolute atomic E-state index is 10.7. The number of carbonyl (C=O) groups is 1. The molecule has 2 rings (SSSR count). The lowest BCUT2D eigenvalue weighted by atomic mass is 10.1. The van der Waals surface area contributed by atoms with Crippen LogP contribution in [-0.2, 0) is 7.05 Å². The molecule has 0 unspecified atom stereocenters. The zero-order chi connectivity index (χ0) is 10.3. The highest BCUT2D eigenvalue weighted by Crippen LogP contribution is 2.23. The number of halogens is 1. The number of carboxylic acid groups (broad SMARTS) is 1. The average molecular weight is 254 g/mol. The fourth-order valence-electron chi connectivity index (χ4n) is 1.45. The van der Waals surface area contributed by atoms with Gasteiger partial charge in [0.1, 0.15) is 0 Å². The Balaban J connectivity index is 2.73. The van der Waals surface area contributed by atoms with Crippen LogP contribution in [0.25, 0.3) is 10.9 Å². The van der Waals surface area contributed by atoms with Crippen LogP contribution in [0.5, 0.6) is 0 Å². The Morgan fingerprint density at radius 2 is 2.14 bits per heavy atom. The average Bonchev–Trinajstić information content (AvgIpc) is 2.42. The second-order valence-electron chi connectivity index (χ2n) is 3.10. The van der Waals surface area contributed by atoms with Gasteiger partial charge in [0.25, 0.3) is 0 Å². The number of aromatic carboxylic acids is 1. The van der Waals surface area contributed by atoms with Crippen LogP contribution in [0.15, 0.2) is 28.9 Å². The van der Waals surface area contributed by atoms with Crippen LogP contribution in [0.4, 0.5) is 0 Å². The molecule has 72 valence electrons. The first-order valence-corrected chi connectivity index (χ1v) is 4.87. The highest BCUT2D eigenvalue weighted by Gasteiger charge is 2.07. The van der Waals surface area contributed by atoms with Crippen molar-refractivity contribution < 1.29 is 9.90 Å². The first-order chi connectivity index (χ1) is 6.59. The number of benzene rings is 1. The van der Waals surface area contributed by atoms with Crippen molar-refractivity contribution in [1.82, 2.24) is 4.57 Å². The van der Waals surface area contributed by atoms with Gasteiger partial charge < -0.3 is 9.67 Å². The molecule has 1 aromatic carbocycles. The Morgan fingerprint density at radius 3 is 2.79 bits per heavy atom. The Labute approximate surface area is 89.1 Å². The minimum Gasteiger partial charge on any atom is -0.478 e. The minimum atomic E-state index is -0.896. The third-order valence-electron chi connectivity index (χ3n) is 2.23. The van der Waals surface area contributed by atoms with E-state index in [1.54, 1.807) is 12.1 Å². The molecule has 0 bridgehead atoms. The monoisotopic (exact) mass is 253 g/mol. The van der Waals surface area contributed by atoms with E-state index in [4.69, 9.17) is 5.11 Å². The molecule has 0 aliphatic rings. The van der Waals surface area contributed by atoms with E-state index in [0.717, 1.165) is 15.5 Å². The predicted octanol–water partition coefficient (Wildman–Crippen LogP) is 2.64. The molecule has 0 fully saturated rings. The van der Waals surface area contributed by atoms with E-state index in [1.807, 2.05) is 23.7 Å². The topological polar surface area (TPSA) is 42.2 Å². The second-order valence-corrected chi connectivity index (χ2v) is 3.92. The third-order valence-corrected chi connectivity index (χ3v) is 2.99. The van der Waals surface area contributed by atoms with Gasteiger partial charge in [-0.3, -0.25) is 0 Å². The number of hydrogen-bond donors (Lipinski definition) is 1. The highest BCUT2D eigenvalue weighted by atomic mass is 79.9. The Bertz CT molecular complexity index is 516. The molecule has 1 N–H and O–H groups in total. The van der Waals surface area contributed by atoms with Gasteiger partial charge in [0.2, 0.25) is 0 Å². The fraction of sp³-hybridized carbons (Fsp3) is 0.100. The SMILES string of the molecule is Cn1c(Br)cc2cc(C(=O)O)ccc21. The quantitative estimate of drug-likeness (QED) is 0.849. The molecular weight excluding hydrogens is 246 g/mol. The van der Waals surface area contributed by atoms with Gasteiger partial charge in [-0.25, -0.2) is 4.79 Å². The van der Waals surface area contributed by atoms with E-state index >= 15 is 0 Å². The number of aromatic nitrogens is 1.